The van der Waals surface area contributed by atoms with E-state index in [1.165, 1.54) is 22.2 Å². The van der Waals surface area contributed by atoms with E-state index in [2.05, 4.69) is 41.5 Å². The average Bonchev–Trinajstić information content (AvgIpc) is 3.17. The van der Waals surface area contributed by atoms with Crippen LogP contribution >= 0.6 is 23.1 Å². The van der Waals surface area contributed by atoms with E-state index in [-0.39, 0.29) is 11.8 Å². The second kappa shape index (κ2) is 9.71. The third-order valence-corrected chi connectivity index (χ3v) is 6.06. The van der Waals surface area contributed by atoms with E-state index < -0.39 is 0 Å². The van der Waals surface area contributed by atoms with E-state index in [1.54, 1.807) is 49.7 Å². The number of rotatable bonds is 7. The average molecular weight is 426 g/mol. The van der Waals surface area contributed by atoms with E-state index >= 15 is 0 Å². The molecular formula is C22H23N3O2S2. The molecule has 0 saturated carbocycles. The number of amides is 2. The van der Waals surface area contributed by atoms with Crippen LogP contribution in [0.5, 0.6) is 0 Å². The van der Waals surface area contributed by atoms with Crippen LogP contribution in [0.2, 0.25) is 0 Å². The molecule has 3 rings (SSSR count). The predicted molar refractivity (Wildman–Crippen MR) is 122 cm³/mol. The smallest absolute Gasteiger partial charge is 0.253 e. The van der Waals surface area contributed by atoms with Crippen LogP contribution in [0.25, 0.3) is 10.6 Å². The Labute approximate surface area is 179 Å². The summed E-state index contributed by atoms with van der Waals surface area (Å²) in [5.74, 6) is 0.893. The third-order valence-electron chi connectivity index (χ3n) is 4.16. The lowest BCUT2D eigenvalue weighted by Gasteiger charge is -2.11. The van der Waals surface area contributed by atoms with Crippen molar-refractivity contribution < 1.29 is 9.59 Å². The largest absolute Gasteiger partial charge is 0.345 e. The maximum atomic E-state index is 12.2. The quantitative estimate of drug-likeness (QED) is 0.596. The summed E-state index contributed by atoms with van der Waals surface area (Å²) in [5.41, 5.74) is 4.60. The zero-order chi connectivity index (χ0) is 20.8. The van der Waals surface area contributed by atoms with Gasteiger partial charge in [-0.2, -0.15) is 0 Å². The molecule has 3 aromatic rings. The Balaban J connectivity index is 1.46. The summed E-state index contributed by atoms with van der Waals surface area (Å²) in [6.07, 6.45) is 0. The minimum Gasteiger partial charge on any atom is -0.345 e. The van der Waals surface area contributed by atoms with E-state index in [4.69, 9.17) is 0 Å². The minimum atomic E-state index is -0.0735. The maximum Gasteiger partial charge on any atom is 0.253 e. The number of aryl methyl sites for hydroxylation is 1. The first-order valence-corrected chi connectivity index (χ1v) is 11.2. The van der Waals surface area contributed by atoms with Crippen molar-refractivity contribution in [1.82, 2.24) is 9.88 Å². The molecule has 0 fully saturated rings. The molecule has 2 aromatic carbocycles. The summed E-state index contributed by atoms with van der Waals surface area (Å²) in [4.78, 5) is 30.2. The van der Waals surface area contributed by atoms with Gasteiger partial charge in [-0.1, -0.05) is 29.8 Å². The van der Waals surface area contributed by atoms with Crippen LogP contribution in [0.1, 0.15) is 21.6 Å². The summed E-state index contributed by atoms with van der Waals surface area (Å²) >= 11 is 3.15. The van der Waals surface area contributed by atoms with Gasteiger partial charge in [0, 0.05) is 42.0 Å². The Hall–Kier alpha value is -2.64. The van der Waals surface area contributed by atoms with Crippen molar-refractivity contribution >= 4 is 40.6 Å². The molecule has 0 spiro atoms. The second-order valence-corrected chi connectivity index (χ2v) is 8.67. The van der Waals surface area contributed by atoms with E-state index in [0.717, 1.165) is 16.3 Å². The molecule has 0 aliphatic rings. The van der Waals surface area contributed by atoms with Gasteiger partial charge in [-0.05, 0) is 31.2 Å². The predicted octanol–water partition coefficient (Wildman–Crippen LogP) is 4.69. The van der Waals surface area contributed by atoms with Crippen molar-refractivity contribution in [2.45, 2.75) is 12.7 Å². The van der Waals surface area contributed by atoms with Crippen LogP contribution < -0.4 is 5.32 Å². The van der Waals surface area contributed by atoms with Crippen molar-refractivity contribution in [1.29, 1.82) is 0 Å². The summed E-state index contributed by atoms with van der Waals surface area (Å²) in [6, 6.07) is 15.2. The second-order valence-electron chi connectivity index (χ2n) is 6.83. The highest BCUT2D eigenvalue weighted by Crippen LogP contribution is 2.25. The van der Waals surface area contributed by atoms with E-state index in [1.807, 2.05) is 5.38 Å². The molecule has 150 valence electrons. The van der Waals surface area contributed by atoms with Gasteiger partial charge in [0.1, 0.15) is 5.01 Å². The third kappa shape index (κ3) is 5.92. The lowest BCUT2D eigenvalue weighted by Crippen LogP contribution is -2.21. The molecule has 29 heavy (non-hydrogen) atoms. The highest BCUT2D eigenvalue weighted by molar-refractivity contribution is 7.99. The van der Waals surface area contributed by atoms with Gasteiger partial charge >= 0.3 is 0 Å². The number of carbonyl (C=O) groups excluding carboxylic acids is 2. The number of aromatic nitrogens is 1. The van der Waals surface area contributed by atoms with Crippen molar-refractivity contribution in [3.63, 3.8) is 0 Å². The van der Waals surface area contributed by atoms with Crippen LogP contribution in [0, 0.1) is 6.92 Å². The molecule has 2 amide bonds. The molecule has 0 aliphatic heterocycles. The standard InChI is InChI=1S/C22H23N3O2S2/c1-15-4-6-16(7-5-15)21-24-19(13-29-21)12-28-14-20(26)23-18-10-8-17(9-11-18)22(27)25(2)3/h4-11,13H,12,14H2,1-3H3,(H,23,26). The Morgan fingerprint density at radius 3 is 2.41 bits per heavy atom. The number of anilines is 1. The van der Waals surface area contributed by atoms with Crippen LogP contribution in [-0.4, -0.2) is 41.5 Å². The van der Waals surface area contributed by atoms with Gasteiger partial charge in [-0.25, -0.2) is 4.98 Å². The Bertz CT molecular complexity index is 980. The van der Waals surface area contributed by atoms with Crippen LogP contribution in [-0.2, 0) is 10.5 Å². The van der Waals surface area contributed by atoms with Gasteiger partial charge in [0.05, 0.1) is 11.4 Å². The maximum absolute atomic E-state index is 12.2. The Kier molecular flexibility index (Phi) is 7.06. The molecule has 1 heterocycles. The zero-order valence-electron chi connectivity index (χ0n) is 16.6. The number of hydrogen-bond donors (Lipinski definition) is 1. The van der Waals surface area contributed by atoms with Crippen molar-refractivity contribution in [2.24, 2.45) is 0 Å². The number of benzene rings is 2. The molecule has 0 atom stereocenters. The summed E-state index contributed by atoms with van der Waals surface area (Å²) < 4.78 is 0. The topological polar surface area (TPSA) is 62.3 Å². The number of nitrogens with one attached hydrogen (secondary N) is 1. The SMILES string of the molecule is Cc1ccc(-c2nc(CSCC(=O)Nc3ccc(C(=O)N(C)C)cc3)cs2)cc1. The zero-order valence-corrected chi connectivity index (χ0v) is 18.3. The summed E-state index contributed by atoms with van der Waals surface area (Å²) in [7, 11) is 3.42. The molecular weight excluding hydrogens is 402 g/mol. The fraction of sp³-hybridized carbons (Fsp3) is 0.227. The van der Waals surface area contributed by atoms with Crippen LogP contribution in [0.15, 0.2) is 53.9 Å². The number of thiazole rings is 1. The van der Waals surface area contributed by atoms with Gasteiger partial charge in [-0.3, -0.25) is 9.59 Å². The van der Waals surface area contributed by atoms with Gasteiger partial charge < -0.3 is 10.2 Å². The number of carbonyl (C=O) groups is 2. The minimum absolute atomic E-state index is 0.0632. The number of thioether (sulfide) groups is 1. The first-order valence-electron chi connectivity index (χ1n) is 9.13. The normalized spacial score (nSPS) is 10.6. The first kappa shape index (κ1) is 21.1. The molecule has 5 nitrogen and oxygen atoms in total. The van der Waals surface area contributed by atoms with Crippen LogP contribution in [0.4, 0.5) is 5.69 Å². The molecule has 0 aliphatic carbocycles. The molecule has 0 radical (unpaired) electrons. The van der Waals surface area contributed by atoms with Gasteiger partial charge in [0.2, 0.25) is 5.91 Å². The lowest BCUT2D eigenvalue weighted by molar-refractivity contribution is -0.113. The lowest BCUT2D eigenvalue weighted by atomic mass is 10.2. The molecule has 0 unspecified atom stereocenters. The monoisotopic (exact) mass is 425 g/mol. The van der Waals surface area contributed by atoms with Crippen molar-refractivity contribution in [2.75, 3.05) is 25.2 Å². The van der Waals surface area contributed by atoms with E-state index in [0.29, 0.717) is 22.8 Å². The van der Waals surface area contributed by atoms with Gasteiger partial charge in [0.15, 0.2) is 0 Å². The first-order chi connectivity index (χ1) is 13.9. The van der Waals surface area contributed by atoms with Crippen molar-refractivity contribution in [3.8, 4) is 10.6 Å². The van der Waals surface area contributed by atoms with Gasteiger partial charge in [-0.15, -0.1) is 23.1 Å². The summed E-state index contributed by atoms with van der Waals surface area (Å²) in [5, 5.41) is 5.90. The van der Waals surface area contributed by atoms with E-state index in [9.17, 15) is 9.59 Å². The molecule has 1 aromatic heterocycles. The summed E-state index contributed by atoms with van der Waals surface area (Å²) in [6.45, 7) is 2.07. The fourth-order valence-electron chi connectivity index (χ4n) is 2.60. The number of nitrogens with zero attached hydrogens (tertiary/aromatic N) is 2. The Morgan fingerprint density at radius 2 is 1.76 bits per heavy atom. The highest BCUT2D eigenvalue weighted by Gasteiger charge is 2.09. The van der Waals surface area contributed by atoms with Crippen LogP contribution in [0.3, 0.4) is 0 Å². The molecule has 0 bridgehead atoms. The molecule has 1 N–H and O–H groups in total. The molecule has 0 saturated heterocycles. The Morgan fingerprint density at radius 1 is 1.07 bits per heavy atom. The molecule has 7 heteroatoms. The van der Waals surface area contributed by atoms with Crippen molar-refractivity contribution in [3.05, 3.63) is 70.7 Å². The number of hydrogen-bond acceptors (Lipinski definition) is 5. The highest BCUT2D eigenvalue weighted by atomic mass is 32.2. The fourth-order valence-corrected chi connectivity index (χ4v) is 4.25. The van der Waals surface area contributed by atoms with Gasteiger partial charge in [0.25, 0.3) is 5.91 Å².